The van der Waals surface area contributed by atoms with Crippen molar-refractivity contribution in [1.82, 2.24) is 4.57 Å². The number of aromatic nitrogens is 1. The van der Waals surface area contributed by atoms with Crippen LogP contribution in [0.1, 0.15) is 30.3 Å². The molecule has 0 saturated heterocycles. The number of hydrogen-bond acceptors (Lipinski definition) is 6. The predicted octanol–water partition coefficient (Wildman–Crippen LogP) is 4.01. The van der Waals surface area contributed by atoms with Gasteiger partial charge in [-0.2, -0.15) is 0 Å². The number of allylic oxidation sites excluding steroid dienone is 1. The first-order valence-corrected chi connectivity index (χ1v) is 12.0. The largest absolute Gasteiger partial charge is 0.463 e. The van der Waals surface area contributed by atoms with Gasteiger partial charge in [0.2, 0.25) is 0 Å². The average Bonchev–Trinajstić information content (AvgIpc) is 3.41. The maximum atomic E-state index is 13.6. The van der Waals surface area contributed by atoms with Crippen molar-refractivity contribution in [3.63, 3.8) is 0 Å². The molecule has 2 aromatic carbocycles. The molecule has 0 N–H and O–H groups in total. The summed E-state index contributed by atoms with van der Waals surface area (Å²) in [7, 11) is 0. The van der Waals surface area contributed by atoms with Crippen molar-refractivity contribution in [2.24, 2.45) is 4.99 Å². The Bertz CT molecular complexity index is 1540. The van der Waals surface area contributed by atoms with Crippen LogP contribution in [0.4, 0.5) is 0 Å². The molecule has 7 heteroatoms. The van der Waals surface area contributed by atoms with Crippen LogP contribution in [-0.4, -0.2) is 17.1 Å². The lowest BCUT2D eigenvalue weighted by Crippen LogP contribution is -2.40. The Kier molecular flexibility index (Phi) is 5.36. The Morgan fingerprint density at radius 1 is 1.16 bits per heavy atom. The second kappa shape index (κ2) is 8.33. The number of thiazole rings is 1. The van der Waals surface area contributed by atoms with Crippen LogP contribution in [0.15, 0.2) is 81.0 Å². The van der Waals surface area contributed by atoms with Crippen LogP contribution in [0.3, 0.4) is 0 Å². The first-order valence-electron chi connectivity index (χ1n) is 10.3. The summed E-state index contributed by atoms with van der Waals surface area (Å²) in [5.41, 5.74) is 1.70. The van der Waals surface area contributed by atoms with Gasteiger partial charge in [0, 0.05) is 4.88 Å². The molecule has 0 bridgehead atoms. The van der Waals surface area contributed by atoms with E-state index in [4.69, 9.17) is 4.74 Å². The lowest BCUT2D eigenvalue weighted by atomic mass is 9.91. The van der Waals surface area contributed by atoms with Gasteiger partial charge in [0.1, 0.15) is 0 Å². The van der Waals surface area contributed by atoms with E-state index in [2.05, 4.69) is 4.99 Å². The van der Waals surface area contributed by atoms with Crippen LogP contribution in [0.5, 0.6) is 0 Å². The number of thiophene rings is 1. The summed E-state index contributed by atoms with van der Waals surface area (Å²) in [6.45, 7) is 3.83. The smallest absolute Gasteiger partial charge is 0.338 e. The minimum atomic E-state index is -0.609. The fourth-order valence-electron chi connectivity index (χ4n) is 4.08. The fourth-order valence-corrected chi connectivity index (χ4v) is 5.85. The summed E-state index contributed by atoms with van der Waals surface area (Å²) in [5, 5.41) is 4.01. The molecule has 3 heterocycles. The average molecular weight is 461 g/mol. The Labute approximate surface area is 192 Å². The molecule has 2 aromatic heterocycles. The lowest BCUT2D eigenvalue weighted by Gasteiger charge is -2.25. The number of benzene rings is 2. The molecule has 0 radical (unpaired) electrons. The molecule has 0 aliphatic carbocycles. The highest BCUT2D eigenvalue weighted by molar-refractivity contribution is 7.11. The van der Waals surface area contributed by atoms with Crippen molar-refractivity contribution in [3.05, 3.63) is 101 Å². The second-order valence-corrected chi connectivity index (χ2v) is 9.37. The Hall–Kier alpha value is -3.29. The summed E-state index contributed by atoms with van der Waals surface area (Å²) in [4.78, 5) is 32.9. The lowest BCUT2D eigenvalue weighted by molar-refractivity contribution is -0.139. The highest BCUT2D eigenvalue weighted by Gasteiger charge is 2.34. The number of rotatable bonds is 4. The summed E-state index contributed by atoms with van der Waals surface area (Å²) >= 11 is 2.92. The minimum Gasteiger partial charge on any atom is -0.463 e. The van der Waals surface area contributed by atoms with Gasteiger partial charge >= 0.3 is 5.97 Å². The van der Waals surface area contributed by atoms with Gasteiger partial charge in [0.25, 0.3) is 5.56 Å². The number of hydrogen-bond donors (Lipinski definition) is 0. The topological polar surface area (TPSA) is 60.7 Å². The third-order valence-corrected chi connectivity index (χ3v) is 7.25. The van der Waals surface area contributed by atoms with Crippen LogP contribution in [0, 0.1) is 0 Å². The summed E-state index contributed by atoms with van der Waals surface area (Å²) in [6.07, 6.45) is 1.89. The number of ether oxygens (including phenoxy) is 1. The van der Waals surface area contributed by atoms with E-state index in [-0.39, 0.29) is 12.2 Å². The van der Waals surface area contributed by atoms with Gasteiger partial charge in [-0.25, -0.2) is 9.79 Å². The van der Waals surface area contributed by atoms with Crippen molar-refractivity contribution < 1.29 is 9.53 Å². The molecule has 4 aromatic rings. The SMILES string of the molecule is CCOC(=O)C1=C(C)N=c2s/c(=C\c3cccs3)c(=O)n2[C@@H]1c1cccc2ccccc12. The van der Waals surface area contributed by atoms with E-state index in [0.717, 1.165) is 21.2 Å². The zero-order chi connectivity index (χ0) is 22.2. The van der Waals surface area contributed by atoms with E-state index < -0.39 is 12.0 Å². The number of fused-ring (bicyclic) bond motifs is 2. The highest BCUT2D eigenvalue weighted by atomic mass is 32.1. The van der Waals surface area contributed by atoms with Crippen LogP contribution in [-0.2, 0) is 9.53 Å². The summed E-state index contributed by atoms with van der Waals surface area (Å²) in [5.74, 6) is -0.445. The molecule has 1 aliphatic rings. The molecule has 0 fully saturated rings. The third kappa shape index (κ3) is 3.43. The third-order valence-electron chi connectivity index (χ3n) is 5.45. The quantitative estimate of drug-likeness (QED) is 0.432. The van der Waals surface area contributed by atoms with E-state index in [1.807, 2.05) is 66.1 Å². The van der Waals surface area contributed by atoms with E-state index >= 15 is 0 Å². The van der Waals surface area contributed by atoms with Gasteiger partial charge in [-0.15, -0.1) is 11.3 Å². The van der Waals surface area contributed by atoms with Gasteiger partial charge < -0.3 is 4.74 Å². The van der Waals surface area contributed by atoms with Crippen molar-refractivity contribution in [3.8, 4) is 0 Å². The zero-order valence-electron chi connectivity index (χ0n) is 17.6. The zero-order valence-corrected chi connectivity index (χ0v) is 19.2. The van der Waals surface area contributed by atoms with Crippen LogP contribution in [0.2, 0.25) is 0 Å². The van der Waals surface area contributed by atoms with E-state index in [1.54, 1.807) is 29.8 Å². The Balaban J connectivity index is 1.83. The standard InChI is InChI=1S/C25H20N2O3S2/c1-3-30-24(29)21-15(2)26-25-27(23(28)20(32-25)14-17-10-7-13-31-17)22(21)19-12-6-9-16-8-4-5-11-18(16)19/h4-14,22H,3H2,1-2H3/b20-14-/t22-/m1/s1. The van der Waals surface area contributed by atoms with E-state index in [0.29, 0.717) is 20.6 Å². The van der Waals surface area contributed by atoms with Crippen LogP contribution in [0.25, 0.3) is 16.8 Å². The number of carbonyl (C=O) groups excluding carboxylic acids is 1. The monoisotopic (exact) mass is 460 g/mol. The van der Waals surface area contributed by atoms with Crippen LogP contribution < -0.4 is 14.9 Å². The molecule has 160 valence electrons. The van der Waals surface area contributed by atoms with Crippen molar-refractivity contribution in [1.29, 1.82) is 0 Å². The summed E-state index contributed by atoms with van der Waals surface area (Å²) in [6, 6.07) is 17.3. The highest BCUT2D eigenvalue weighted by Crippen LogP contribution is 2.34. The predicted molar refractivity (Wildman–Crippen MR) is 129 cm³/mol. The van der Waals surface area contributed by atoms with Crippen molar-refractivity contribution >= 4 is 45.5 Å². The van der Waals surface area contributed by atoms with Gasteiger partial charge in [-0.3, -0.25) is 9.36 Å². The second-order valence-electron chi connectivity index (χ2n) is 7.39. The summed E-state index contributed by atoms with van der Waals surface area (Å²) < 4.78 is 7.62. The molecule has 1 atom stereocenters. The molecular weight excluding hydrogens is 440 g/mol. The minimum absolute atomic E-state index is 0.158. The molecule has 32 heavy (non-hydrogen) atoms. The molecule has 0 unspecified atom stereocenters. The van der Waals surface area contributed by atoms with E-state index in [9.17, 15) is 9.59 Å². The Morgan fingerprint density at radius 2 is 1.97 bits per heavy atom. The molecule has 1 aliphatic heterocycles. The number of esters is 1. The molecule has 0 amide bonds. The maximum absolute atomic E-state index is 13.6. The number of nitrogens with zero attached hydrogens (tertiary/aromatic N) is 2. The van der Waals surface area contributed by atoms with Gasteiger partial charge in [-0.1, -0.05) is 59.9 Å². The normalized spacial score (nSPS) is 16.2. The van der Waals surface area contributed by atoms with Crippen molar-refractivity contribution in [2.75, 3.05) is 6.61 Å². The van der Waals surface area contributed by atoms with Gasteiger partial charge in [-0.05, 0) is 47.7 Å². The first-order chi connectivity index (χ1) is 15.6. The van der Waals surface area contributed by atoms with Crippen molar-refractivity contribution in [2.45, 2.75) is 19.9 Å². The van der Waals surface area contributed by atoms with Gasteiger partial charge in [0.05, 0.1) is 28.5 Å². The fraction of sp³-hybridized carbons (Fsp3) is 0.160. The molecule has 5 rings (SSSR count). The first kappa shape index (κ1) is 20.6. The molecule has 5 nitrogen and oxygen atoms in total. The number of carbonyl (C=O) groups is 1. The van der Waals surface area contributed by atoms with E-state index in [1.165, 1.54) is 11.3 Å². The van der Waals surface area contributed by atoms with Gasteiger partial charge in [0.15, 0.2) is 4.80 Å². The Morgan fingerprint density at radius 3 is 2.75 bits per heavy atom. The molecular formula is C25H20N2O3S2. The molecule has 0 saturated carbocycles. The van der Waals surface area contributed by atoms with Crippen LogP contribution >= 0.6 is 22.7 Å². The maximum Gasteiger partial charge on any atom is 0.338 e. The molecule has 0 spiro atoms.